The van der Waals surface area contributed by atoms with Crippen molar-refractivity contribution in [1.82, 2.24) is 9.13 Å². The molecule has 0 aliphatic heterocycles. The van der Waals surface area contributed by atoms with Crippen LogP contribution in [0.15, 0.2) is 156 Å². The van der Waals surface area contributed by atoms with Crippen LogP contribution < -0.4 is 0 Å². The second kappa shape index (κ2) is 11.0. The van der Waals surface area contributed by atoms with E-state index in [9.17, 15) is 0 Å². The fraction of sp³-hybridized carbons (Fsp3) is 0.0870. The van der Waals surface area contributed by atoms with Crippen LogP contribution >= 0.6 is 0 Å². The molecule has 3 heterocycles. The molecular weight excluding hydrogens is 597 g/mol. The van der Waals surface area contributed by atoms with Crippen LogP contribution in [0.2, 0.25) is 0 Å². The lowest BCUT2D eigenvalue weighted by molar-refractivity contribution is 0.668. The summed E-state index contributed by atoms with van der Waals surface area (Å²) in [5.74, 6) is 0. The first-order chi connectivity index (χ1) is 24.3. The summed E-state index contributed by atoms with van der Waals surface area (Å²) in [6.07, 6.45) is 3.49. The molecule has 0 saturated carbocycles. The Morgan fingerprint density at radius 2 is 1.16 bits per heavy atom. The average molecular weight is 631 g/mol. The molecule has 3 heteroatoms. The summed E-state index contributed by atoms with van der Waals surface area (Å²) in [6, 6.07) is 55.2. The summed E-state index contributed by atoms with van der Waals surface area (Å²) in [4.78, 5) is 0. The Kier molecular flexibility index (Phi) is 6.29. The van der Waals surface area contributed by atoms with Crippen LogP contribution in [0.1, 0.15) is 25.3 Å². The van der Waals surface area contributed by atoms with Crippen molar-refractivity contribution < 1.29 is 4.42 Å². The van der Waals surface area contributed by atoms with Crippen LogP contribution in [0.5, 0.6) is 0 Å². The summed E-state index contributed by atoms with van der Waals surface area (Å²) in [5, 5.41) is 7.34. The Hall–Kier alpha value is -6.06. The van der Waals surface area contributed by atoms with E-state index in [2.05, 4.69) is 168 Å². The van der Waals surface area contributed by atoms with E-state index >= 15 is 0 Å². The molecule has 0 atom stereocenters. The number of nitrogens with zero attached hydrogens (tertiary/aromatic N) is 2. The molecule has 0 aliphatic carbocycles. The zero-order valence-electron chi connectivity index (χ0n) is 27.4. The second-order valence-corrected chi connectivity index (χ2v) is 13.2. The molecule has 0 N–H and O–H groups in total. The maximum Gasteiger partial charge on any atom is 0.137 e. The lowest BCUT2D eigenvalue weighted by Crippen LogP contribution is -1.95. The van der Waals surface area contributed by atoms with Gasteiger partial charge in [0.1, 0.15) is 11.2 Å². The normalized spacial score (nSPS) is 12.0. The Labute approximate surface area is 284 Å². The summed E-state index contributed by atoms with van der Waals surface area (Å²) in [6.45, 7) is 2.25. The summed E-state index contributed by atoms with van der Waals surface area (Å²) >= 11 is 0. The van der Waals surface area contributed by atoms with E-state index in [-0.39, 0.29) is 0 Å². The molecule has 0 bridgehead atoms. The Morgan fingerprint density at radius 3 is 1.98 bits per heavy atom. The number of aryl methyl sites for hydroxylation is 1. The number of aromatic nitrogens is 2. The minimum atomic E-state index is 0.916. The largest absolute Gasteiger partial charge is 0.456 e. The van der Waals surface area contributed by atoms with Crippen LogP contribution in [-0.4, -0.2) is 9.13 Å². The predicted octanol–water partition coefficient (Wildman–Crippen LogP) is 12.8. The van der Waals surface area contributed by atoms with Gasteiger partial charge in [-0.15, -0.1) is 0 Å². The molecule has 3 nitrogen and oxygen atoms in total. The fourth-order valence-electron chi connectivity index (χ4n) is 7.98. The molecule has 10 rings (SSSR count). The van der Waals surface area contributed by atoms with Gasteiger partial charge in [0.05, 0.1) is 22.1 Å². The van der Waals surface area contributed by atoms with Gasteiger partial charge < -0.3 is 13.6 Å². The fourth-order valence-corrected chi connectivity index (χ4v) is 7.98. The van der Waals surface area contributed by atoms with E-state index in [0.29, 0.717) is 0 Å². The molecule has 234 valence electrons. The highest BCUT2D eigenvalue weighted by Gasteiger charge is 2.21. The van der Waals surface area contributed by atoms with Crippen molar-refractivity contribution in [3.8, 4) is 22.5 Å². The molecule has 0 unspecified atom stereocenters. The summed E-state index contributed by atoms with van der Waals surface area (Å²) in [5.41, 5.74) is 12.7. The Bertz CT molecular complexity index is 2850. The highest BCUT2D eigenvalue weighted by atomic mass is 16.3. The van der Waals surface area contributed by atoms with Gasteiger partial charge in [0.2, 0.25) is 0 Å². The summed E-state index contributed by atoms with van der Waals surface area (Å²) in [7, 11) is 0. The number of furan rings is 1. The molecule has 7 aromatic carbocycles. The van der Waals surface area contributed by atoms with Gasteiger partial charge in [0, 0.05) is 49.8 Å². The predicted molar refractivity (Wildman–Crippen MR) is 206 cm³/mol. The number of hydrogen-bond acceptors (Lipinski definition) is 1. The number of para-hydroxylation sites is 2. The zero-order chi connectivity index (χ0) is 32.5. The van der Waals surface area contributed by atoms with E-state index in [1.54, 1.807) is 0 Å². The number of fused-ring (bicyclic) bond motifs is 10. The second-order valence-electron chi connectivity index (χ2n) is 13.2. The van der Waals surface area contributed by atoms with Crippen molar-refractivity contribution in [1.29, 1.82) is 0 Å². The minimum Gasteiger partial charge on any atom is -0.456 e. The van der Waals surface area contributed by atoms with Crippen LogP contribution in [-0.2, 0) is 6.42 Å². The average Bonchev–Trinajstić information content (AvgIpc) is 3.81. The van der Waals surface area contributed by atoms with Gasteiger partial charge in [-0.1, -0.05) is 104 Å². The van der Waals surface area contributed by atoms with Crippen LogP contribution in [0.25, 0.3) is 88.1 Å². The first-order valence-electron chi connectivity index (χ1n) is 17.3. The molecule has 0 fully saturated rings. The van der Waals surface area contributed by atoms with Crippen molar-refractivity contribution in [3.05, 3.63) is 157 Å². The first kappa shape index (κ1) is 28.0. The van der Waals surface area contributed by atoms with Crippen LogP contribution in [0, 0.1) is 0 Å². The van der Waals surface area contributed by atoms with Gasteiger partial charge >= 0.3 is 0 Å². The number of benzene rings is 7. The van der Waals surface area contributed by atoms with Crippen molar-refractivity contribution in [2.24, 2.45) is 0 Å². The Balaban J connectivity index is 1.23. The molecule has 0 spiro atoms. The zero-order valence-corrected chi connectivity index (χ0v) is 27.4. The SMILES string of the molecule is CCCCc1ccc2oc3cc(-n4c5ccccc5c5ccc6c(c7ccccc7n6-c6ccc(-c7ccccc7)cc6)c54)ccc3c2c1. The van der Waals surface area contributed by atoms with Crippen LogP contribution in [0.4, 0.5) is 0 Å². The number of hydrogen-bond donors (Lipinski definition) is 0. The highest BCUT2D eigenvalue weighted by Crippen LogP contribution is 2.43. The smallest absolute Gasteiger partial charge is 0.137 e. The van der Waals surface area contributed by atoms with Gasteiger partial charge in [-0.25, -0.2) is 0 Å². The van der Waals surface area contributed by atoms with Gasteiger partial charge in [-0.2, -0.15) is 0 Å². The molecule has 0 aliphatic rings. The van der Waals surface area contributed by atoms with Gasteiger partial charge in [-0.3, -0.25) is 0 Å². The molecular formula is C46H34N2O. The van der Waals surface area contributed by atoms with E-state index in [1.165, 1.54) is 83.9 Å². The van der Waals surface area contributed by atoms with Gasteiger partial charge in [-0.05, 0) is 84.1 Å². The molecule has 3 aromatic heterocycles. The van der Waals surface area contributed by atoms with E-state index < -0.39 is 0 Å². The number of unbranched alkanes of at least 4 members (excludes halogenated alkanes) is 1. The third kappa shape index (κ3) is 4.29. The van der Waals surface area contributed by atoms with Crippen molar-refractivity contribution >= 4 is 65.6 Å². The maximum atomic E-state index is 6.52. The van der Waals surface area contributed by atoms with E-state index in [1.807, 2.05) is 0 Å². The molecule has 0 amide bonds. The molecule has 10 aromatic rings. The van der Waals surface area contributed by atoms with Gasteiger partial charge in [0.15, 0.2) is 0 Å². The van der Waals surface area contributed by atoms with Gasteiger partial charge in [0.25, 0.3) is 0 Å². The molecule has 0 radical (unpaired) electrons. The minimum absolute atomic E-state index is 0.916. The van der Waals surface area contributed by atoms with Crippen LogP contribution in [0.3, 0.4) is 0 Å². The molecule has 49 heavy (non-hydrogen) atoms. The standard InChI is InChI=1S/C46H34N2O/c1-2-3-11-30-18-27-43-39(28-30)36-24-23-34(29-44(36)49-43)48-40-16-9-7-14-35(40)37-25-26-42-45(46(37)48)38-15-8-10-17-41(38)47(42)33-21-19-32(20-22-33)31-12-5-4-6-13-31/h4-10,12-29H,2-3,11H2,1H3. The monoisotopic (exact) mass is 630 g/mol. The lowest BCUT2D eigenvalue weighted by atomic mass is 10.0. The third-order valence-corrected chi connectivity index (χ3v) is 10.3. The van der Waals surface area contributed by atoms with Crippen molar-refractivity contribution in [2.75, 3.05) is 0 Å². The molecule has 0 saturated heterocycles. The lowest BCUT2D eigenvalue weighted by Gasteiger charge is -2.11. The quantitative estimate of drug-likeness (QED) is 0.179. The van der Waals surface area contributed by atoms with Crippen molar-refractivity contribution in [3.63, 3.8) is 0 Å². The topological polar surface area (TPSA) is 23.0 Å². The van der Waals surface area contributed by atoms with E-state index in [4.69, 9.17) is 4.42 Å². The highest BCUT2D eigenvalue weighted by molar-refractivity contribution is 6.26. The number of rotatable bonds is 6. The Morgan fingerprint density at radius 1 is 0.469 bits per heavy atom. The van der Waals surface area contributed by atoms with E-state index in [0.717, 1.165) is 29.0 Å². The maximum absolute atomic E-state index is 6.52. The first-order valence-corrected chi connectivity index (χ1v) is 17.3. The van der Waals surface area contributed by atoms with Crippen molar-refractivity contribution in [2.45, 2.75) is 26.2 Å². The summed E-state index contributed by atoms with van der Waals surface area (Å²) < 4.78 is 11.4. The third-order valence-electron chi connectivity index (χ3n) is 10.3.